The summed E-state index contributed by atoms with van der Waals surface area (Å²) in [7, 11) is 0. The van der Waals surface area contributed by atoms with Crippen molar-refractivity contribution in [2.75, 3.05) is 13.2 Å². The van der Waals surface area contributed by atoms with E-state index >= 15 is 0 Å². The third-order valence-electron chi connectivity index (χ3n) is 3.89. The van der Waals surface area contributed by atoms with E-state index in [-0.39, 0.29) is 17.2 Å². The summed E-state index contributed by atoms with van der Waals surface area (Å²) in [6, 6.07) is 4.96. The molecule has 5 atom stereocenters. The Morgan fingerprint density at radius 2 is 1.85 bits per heavy atom. The van der Waals surface area contributed by atoms with Crippen molar-refractivity contribution in [2.24, 2.45) is 0 Å². The molecule has 0 saturated carbocycles. The molecule has 8 heteroatoms. The molecule has 0 aromatic heterocycles. The summed E-state index contributed by atoms with van der Waals surface area (Å²) >= 11 is 0. The highest BCUT2D eigenvalue weighted by atomic mass is 16.7. The summed E-state index contributed by atoms with van der Waals surface area (Å²) in [6.45, 7) is 7.41. The van der Waals surface area contributed by atoms with E-state index in [9.17, 15) is 25.2 Å². The van der Waals surface area contributed by atoms with Gasteiger partial charge in [0.25, 0.3) is 5.91 Å². The molecule has 5 N–H and O–H groups in total. The Morgan fingerprint density at radius 3 is 2.42 bits per heavy atom. The smallest absolute Gasteiger partial charge is 0.255 e. The summed E-state index contributed by atoms with van der Waals surface area (Å²) in [6.07, 6.45) is -6.96. The Bertz CT molecular complexity index is 579. The lowest BCUT2D eigenvalue weighted by atomic mass is 9.99. The molecule has 1 aliphatic heterocycles. The maximum absolute atomic E-state index is 12.2. The van der Waals surface area contributed by atoms with Gasteiger partial charge in [0, 0.05) is 6.54 Å². The van der Waals surface area contributed by atoms with Gasteiger partial charge in [-0.3, -0.25) is 4.79 Å². The van der Waals surface area contributed by atoms with Gasteiger partial charge in [0.1, 0.15) is 30.2 Å². The number of amides is 1. The zero-order valence-corrected chi connectivity index (χ0v) is 15.5. The predicted octanol–water partition coefficient (Wildman–Crippen LogP) is -0.0504. The maximum Gasteiger partial charge on any atom is 0.255 e. The van der Waals surface area contributed by atoms with Crippen molar-refractivity contribution in [3.63, 3.8) is 0 Å². The Morgan fingerprint density at radius 1 is 1.19 bits per heavy atom. The number of carbonyl (C=O) groups excluding carboxylic acids is 1. The van der Waals surface area contributed by atoms with Crippen LogP contribution in [0.15, 0.2) is 18.2 Å². The zero-order valence-electron chi connectivity index (χ0n) is 15.5. The average Bonchev–Trinajstić information content (AvgIpc) is 2.64. The van der Waals surface area contributed by atoms with Crippen molar-refractivity contribution >= 4 is 5.91 Å². The molecular formula is C18H29NO7. The van der Waals surface area contributed by atoms with Gasteiger partial charge in [-0.15, -0.1) is 0 Å². The van der Waals surface area contributed by atoms with Crippen LogP contribution in [0.2, 0.25) is 0 Å². The highest BCUT2D eigenvalue weighted by Crippen LogP contribution is 2.28. The number of aliphatic hydroxyl groups excluding tert-OH is 4. The Hall–Kier alpha value is -1.71. The fraction of sp³-hybridized carbons (Fsp3) is 0.611. The fourth-order valence-corrected chi connectivity index (χ4v) is 2.57. The highest BCUT2D eigenvalue weighted by Gasteiger charge is 2.45. The molecule has 1 heterocycles. The van der Waals surface area contributed by atoms with E-state index in [0.717, 1.165) is 0 Å². The zero-order chi connectivity index (χ0) is 19.9. The molecule has 0 bridgehead atoms. The van der Waals surface area contributed by atoms with Crippen molar-refractivity contribution in [1.82, 2.24) is 5.32 Å². The van der Waals surface area contributed by atoms with E-state index in [0.29, 0.717) is 12.1 Å². The van der Waals surface area contributed by atoms with Crippen molar-refractivity contribution in [1.29, 1.82) is 0 Å². The van der Waals surface area contributed by atoms with Crippen molar-refractivity contribution in [2.45, 2.75) is 58.4 Å². The van der Waals surface area contributed by atoms with Crippen molar-refractivity contribution in [3.8, 4) is 5.75 Å². The Balaban J connectivity index is 0.00000163. The number of benzene rings is 1. The van der Waals surface area contributed by atoms with Gasteiger partial charge in [-0.1, -0.05) is 26.0 Å². The first-order valence-corrected chi connectivity index (χ1v) is 8.75. The summed E-state index contributed by atoms with van der Waals surface area (Å²) in [4.78, 5) is 12.2. The summed E-state index contributed by atoms with van der Waals surface area (Å²) in [5.41, 5.74) is 0.958. The lowest BCUT2D eigenvalue weighted by Gasteiger charge is -2.39. The number of aryl methyl sites for hydroxylation is 1. The number of aliphatic hydroxyl groups is 4. The standard InChI is InChI=1S/C16H23NO7.C2H6/c1-3-17-15(22)11-8(2)5-4-6-9(11)23-16-14(21)13(20)12(19)10(7-18)24-16;1-2/h4-6,10,12-14,16,18-21H,3,7H2,1-2H3,(H,17,22);1-2H3/t10-,12-,13+,14-,16-;/m1./s1. The molecule has 2 rings (SSSR count). The van der Waals surface area contributed by atoms with Crippen LogP contribution >= 0.6 is 0 Å². The number of hydrogen-bond donors (Lipinski definition) is 5. The summed E-state index contributed by atoms with van der Waals surface area (Å²) in [5.74, 6) is -0.166. The molecule has 1 aromatic rings. The molecule has 148 valence electrons. The largest absolute Gasteiger partial charge is 0.461 e. The van der Waals surface area contributed by atoms with Gasteiger partial charge in [-0.25, -0.2) is 0 Å². The molecular weight excluding hydrogens is 342 g/mol. The highest BCUT2D eigenvalue weighted by molar-refractivity contribution is 5.98. The van der Waals surface area contributed by atoms with Crippen LogP contribution in [0, 0.1) is 6.92 Å². The van der Waals surface area contributed by atoms with Crippen LogP contribution in [-0.4, -0.2) is 70.2 Å². The number of nitrogens with one attached hydrogen (secondary N) is 1. The molecule has 1 saturated heterocycles. The van der Waals surface area contributed by atoms with Crippen LogP contribution < -0.4 is 10.1 Å². The first kappa shape index (κ1) is 22.3. The average molecular weight is 371 g/mol. The van der Waals surface area contributed by atoms with Gasteiger partial charge >= 0.3 is 0 Å². The van der Waals surface area contributed by atoms with E-state index in [2.05, 4.69) is 5.32 Å². The number of rotatable bonds is 5. The lowest BCUT2D eigenvalue weighted by molar-refractivity contribution is -0.277. The fourth-order valence-electron chi connectivity index (χ4n) is 2.57. The first-order chi connectivity index (χ1) is 12.4. The van der Waals surface area contributed by atoms with Gasteiger partial charge in [-0.05, 0) is 25.5 Å². The molecule has 1 amide bonds. The van der Waals surface area contributed by atoms with E-state index in [1.54, 1.807) is 32.0 Å². The van der Waals surface area contributed by atoms with Crippen LogP contribution in [0.5, 0.6) is 5.75 Å². The van der Waals surface area contributed by atoms with Gasteiger partial charge in [0.05, 0.1) is 12.2 Å². The maximum atomic E-state index is 12.2. The second-order valence-electron chi connectivity index (χ2n) is 5.62. The molecule has 0 spiro atoms. The van der Waals surface area contributed by atoms with Gasteiger partial charge < -0.3 is 35.2 Å². The number of ether oxygens (including phenoxy) is 2. The minimum absolute atomic E-state index is 0.172. The van der Waals surface area contributed by atoms with Crippen LogP contribution in [0.25, 0.3) is 0 Å². The lowest BCUT2D eigenvalue weighted by Crippen LogP contribution is -2.60. The van der Waals surface area contributed by atoms with Crippen LogP contribution in [0.3, 0.4) is 0 Å². The molecule has 0 unspecified atom stereocenters. The molecule has 1 aromatic carbocycles. The number of carbonyl (C=O) groups is 1. The minimum atomic E-state index is -1.54. The summed E-state index contributed by atoms with van der Waals surface area (Å²) in [5, 5.41) is 41.5. The quantitative estimate of drug-likeness (QED) is 0.491. The molecule has 8 nitrogen and oxygen atoms in total. The molecule has 0 aliphatic carbocycles. The second-order valence-corrected chi connectivity index (χ2v) is 5.62. The first-order valence-electron chi connectivity index (χ1n) is 8.75. The van der Waals surface area contributed by atoms with Crippen LogP contribution in [0.4, 0.5) is 0 Å². The van der Waals surface area contributed by atoms with E-state index in [4.69, 9.17) is 9.47 Å². The normalized spacial score (nSPS) is 27.9. The van der Waals surface area contributed by atoms with Gasteiger partial charge in [0.2, 0.25) is 6.29 Å². The predicted molar refractivity (Wildman–Crippen MR) is 94.9 cm³/mol. The van der Waals surface area contributed by atoms with E-state index in [1.807, 2.05) is 13.8 Å². The van der Waals surface area contributed by atoms with Crippen molar-refractivity contribution < 1.29 is 34.7 Å². The third-order valence-corrected chi connectivity index (χ3v) is 3.89. The van der Waals surface area contributed by atoms with E-state index in [1.165, 1.54) is 0 Å². The van der Waals surface area contributed by atoms with Gasteiger partial charge in [0.15, 0.2) is 0 Å². The second kappa shape index (κ2) is 10.4. The topological polar surface area (TPSA) is 128 Å². The monoisotopic (exact) mass is 371 g/mol. The van der Waals surface area contributed by atoms with E-state index < -0.39 is 37.3 Å². The van der Waals surface area contributed by atoms with Crippen LogP contribution in [0.1, 0.15) is 36.7 Å². The summed E-state index contributed by atoms with van der Waals surface area (Å²) < 4.78 is 10.9. The third kappa shape index (κ3) is 4.93. The number of hydrogen-bond acceptors (Lipinski definition) is 7. The van der Waals surface area contributed by atoms with Crippen molar-refractivity contribution in [3.05, 3.63) is 29.3 Å². The van der Waals surface area contributed by atoms with Gasteiger partial charge in [-0.2, -0.15) is 0 Å². The Kier molecular flexibility index (Phi) is 8.97. The SMILES string of the molecule is CC.CCNC(=O)c1c(C)cccc1O[C@@H]1O[C@H](CO)[C@@H](O)[C@H](O)[C@H]1O. The molecule has 1 fully saturated rings. The van der Waals surface area contributed by atoms with Crippen LogP contribution in [-0.2, 0) is 4.74 Å². The molecule has 0 radical (unpaired) electrons. The molecule has 1 aliphatic rings. The minimum Gasteiger partial charge on any atom is -0.461 e. The Labute approximate surface area is 153 Å². The molecule has 26 heavy (non-hydrogen) atoms.